The topological polar surface area (TPSA) is 46.4 Å². The van der Waals surface area contributed by atoms with Crippen LogP contribution in [0.3, 0.4) is 0 Å². The summed E-state index contributed by atoms with van der Waals surface area (Å²) in [6.45, 7) is 10.4. The van der Waals surface area contributed by atoms with Crippen molar-refractivity contribution in [2.24, 2.45) is 0 Å². The standard InChI is InChI=1S/C15H24N2O2/c1-5-10-16(11-6-2)13(4)14-8-7-9-15(12(14)3)17(18)19/h7-9,13H,5-6,10-11H2,1-4H3/t13-/m1/s1. The zero-order valence-corrected chi connectivity index (χ0v) is 12.3. The maximum absolute atomic E-state index is 11.0. The van der Waals surface area contributed by atoms with Crippen molar-refractivity contribution >= 4 is 5.69 Å². The van der Waals surface area contributed by atoms with Crippen molar-refractivity contribution in [1.29, 1.82) is 0 Å². The van der Waals surface area contributed by atoms with Gasteiger partial charge in [0.25, 0.3) is 5.69 Å². The minimum atomic E-state index is -0.296. The first-order chi connectivity index (χ1) is 9.02. The molecule has 0 aliphatic carbocycles. The highest BCUT2D eigenvalue weighted by molar-refractivity contribution is 5.45. The largest absolute Gasteiger partial charge is 0.297 e. The van der Waals surface area contributed by atoms with Crippen LogP contribution in [0.25, 0.3) is 0 Å². The highest BCUT2D eigenvalue weighted by atomic mass is 16.6. The average Bonchev–Trinajstić information content (AvgIpc) is 2.37. The lowest BCUT2D eigenvalue weighted by Crippen LogP contribution is -2.29. The highest BCUT2D eigenvalue weighted by Crippen LogP contribution is 2.29. The Kier molecular flexibility index (Phi) is 5.96. The molecule has 0 heterocycles. The summed E-state index contributed by atoms with van der Waals surface area (Å²) in [7, 11) is 0. The summed E-state index contributed by atoms with van der Waals surface area (Å²) in [6.07, 6.45) is 2.19. The molecule has 0 aliphatic rings. The number of nitro groups is 1. The first-order valence-corrected chi connectivity index (χ1v) is 7.00. The van der Waals surface area contributed by atoms with Crippen LogP contribution in [0.4, 0.5) is 5.69 Å². The molecule has 1 aromatic rings. The van der Waals surface area contributed by atoms with Gasteiger partial charge in [0.15, 0.2) is 0 Å². The molecule has 0 radical (unpaired) electrons. The SMILES string of the molecule is CCCN(CCC)[C@H](C)c1cccc([N+](=O)[O-])c1C. The van der Waals surface area contributed by atoms with Gasteiger partial charge in [0.2, 0.25) is 0 Å². The molecule has 0 N–H and O–H groups in total. The second-order valence-corrected chi connectivity index (χ2v) is 4.96. The van der Waals surface area contributed by atoms with Gasteiger partial charge in [-0.2, -0.15) is 0 Å². The molecule has 0 spiro atoms. The van der Waals surface area contributed by atoms with Crippen LogP contribution in [0.1, 0.15) is 50.8 Å². The normalized spacial score (nSPS) is 12.7. The van der Waals surface area contributed by atoms with Crippen LogP contribution < -0.4 is 0 Å². The molecular formula is C15H24N2O2. The van der Waals surface area contributed by atoms with E-state index in [4.69, 9.17) is 0 Å². The second kappa shape index (κ2) is 7.24. The third-order valence-electron chi connectivity index (χ3n) is 3.56. The van der Waals surface area contributed by atoms with Crippen molar-refractivity contribution in [2.75, 3.05) is 13.1 Å². The van der Waals surface area contributed by atoms with E-state index in [1.54, 1.807) is 12.1 Å². The summed E-state index contributed by atoms with van der Waals surface area (Å²) in [5.74, 6) is 0. The summed E-state index contributed by atoms with van der Waals surface area (Å²) in [4.78, 5) is 13.1. The van der Waals surface area contributed by atoms with Crippen LogP contribution in [0.15, 0.2) is 18.2 Å². The molecule has 1 atom stereocenters. The quantitative estimate of drug-likeness (QED) is 0.550. The number of rotatable bonds is 7. The Morgan fingerprint density at radius 1 is 1.26 bits per heavy atom. The summed E-state index contributed by atoms with van der Waals surface area (Å²) >= 11 is 0. The lowest BCUT2D eigenvalue weighted by Gasteiger charge is -2.29. The van der Waals surface area contributed by atoms with Crippen molar-refractivity contribution in [3.05, 3.63) is 39.4 Å². The van der Waals surface area contributed by atoms with Crippen LogP contribution in [-0.2, 0) is 0 Å². The molecule has 0 saturated carbocycles. The van der Waals surface area contributed by atoms with E-state index in [9.17, 15) is 10.1 Å². The van der Waals surface area contributed by atoms with Crippen LogP contribution in [0.5, 0.6) is 0 Å². The van der Waals surface area contributed by atoms with E-state index in [0.717, 1.165) is 37.1 Å². The Morgan fingerprint density at radius 2 is 1.84 bits per heavy atom. The van der Waals surface area contributed by atoms with Crippen molar-refractivity contribution < 1.29 is 4.92 Å². The zero-order chi connectivity index (χ0) is 14.4. The number of benzene rings is 1. The van der Waals surface area contributed by atoms with Crippen molar-refractivity contribution in [3.8, 4) is 0 Å². The maximum Gasteiger partial charge on any atom is 0.272 e. The first kappa shape index (κ1) is 15.6. The van der Waals surface area contributed by atoms with Crippen LogP contribution >= 0.6 is 0 Å². The smallest absolute Gasteiger partial charge is 0.272 e. The molecule has 0 aromatic heterocycles. The van der Waals surface area contributed by atoms with Gasteiger partial charge >= 0.3 is 0 Å². The zero-order valence-electron chi connectivity index (χ0n) is 12.3. The highest BCUT2D eigenvalue weighted by Gasteiger charge is 2.20. The lowest BCUT2D eigenvalue weighted by molar-refractivity contribution is -0.385. The van der Waals surface area contributed by atoms with Gasteiger partial charge in [0, 0.05) is 17.7 Å². The van der Waals surface area contributed by atoms with E-state index >= 15 is 0 Å². The van der Waals surface area contributed by atoms with Gasteiger partial charge < -0.3 is 0 Å². The van der Waals surface area contributed by atoms with Crippen molar-refractivity contribution in [2.45, 2.75) is 46.6 Å². The van der Waals surface area contributed by atoms with Crippen LogP contribution in [0, 0.1) is 17.0 Å². The Hall–Kier alpha value is -1.42. The van der Waals surface area contributed by atoms with Crippen molar-refractivity contribution in [3.63, 3.8) is 0 Å². The number of nitrogens with zero attached hydrogens (tertiary/aromatic N) is 2. The summed E-state index contributed by atoms with van der Waals surface area (Å²) in [5, 5.41) is 11.0. The van der Waals surface area contributed by atoms with E-state index in [2.05, 4.69) is 25.7 Å². The van der Waals surface area contributed by atoms with Gasteiger partial charge in [-0.1, -0.05) is 26.0 Å². The van der Waals surface area contributed by atoms with Crippen LogP contribution in [-0.4, -0.2) is 22.9 Å². The fourth-order valence-electron chi connectivity index (χ4n) is 2.56. The van der Waals surface area contributed by atoms with Gasteiger partial charge in [0.1, 0.15) is 0 Å². The monoisotopic (exact) mass is 264 g/mol. The summed E-state index contributed by atoms with van der Waals surface area (Å²) < 4.78 is 0. The number of hydrogen-bond acceptors (Lipinski definition) is 3. The van der Waals surface area contributed by atoms with Gasteiger partial charge in [0.05, 0.1) is 4.92 Å². The molecule has 106 valence electrons. The first-order valence-electron chi connectivity index (χ1n) is 7.00. The van der Waals surface area contributed by atoms with Gasteiger partial charge in [-0.25, -0.2) is 0 Å². The predicted molar refractivity (Wildman–Crippen MR) is 78.4 cm³/mol. The fraction of sp³-hybridized carbons (Fsp3) is 0.600. The molecule has 4 heteroatoms. The summed E-state index contributed by atoms with van der Waals surface area (Å²) in [5.41, 5.74) is 2.07. The molecule has 19 heavy (non-hydrogen) atoms. The van der Waals surface area contributed by atoms with E-state index in [0.29, 0.717) is 0 Å². The Morgan fingerprint density at radius 3 is 2.32 bits per heavy atom. The maximum atomic E-state index is 11.0. The Balaban J connectivity index is 3.06. The molecule has 0 aliphatic heterocycles. The van der Waals surface area contributed by atoms with Gasteiger partial charge in [-0.05, 0) is 45.3 Å². The molecule has 1 aromatic carbocycles. The summed E-state index contributed by atoms with van der Waals surface area (Å²) in [6, 6.07) is 5.59. The molecule has 0 unspecified atom stereocenters. The average molecular weight is 264 g/mol. The fourth-order valence-corrected chi connectivity index (χ4v) is 2.56. The molecule has 0 bridgehead atoms. The van der Waals surface area contributed by atoms with E-state index in [1.807, 2.05) is 13.0 Å². The molecule has 0 fully saturated rings. The number of hydrogen-bond donors (Lipinski definition) is 0. The Labute approximate surface area is 115 Å². The van der Waals surface area contributed by atoms with E-state index in [1.165, 1.54) is 0 Å². The molecule has 4 nitrogen and oxygen atoms in total. The van der Waals surface area contributed by atoms with Crippen molar-refractivity contribution in [1.82, 2.24) is 4.90 Å². The minimum absolute atomic E-state index is 0.220. The lowest BCUT2D eigenvalue weighted by atomic mass is 9.99. The molecule has 0 amide bonds. The number of nitro benzene ring substituents is 1. The molecular weight excluding hydrogens is 240 g/mol. The molecule has 0 saturated heterocycles. The minimum Gasteiger partial charge on any atom is -0.297 e. The Bertz CT molecular complexity index is 426. The molecule has 1 rings (SSSR count). The van der Waals surface area contributed by atoms with E-state index in [-0.39, 0.29) is 16.7 Å². The van der Waals surface area contributed by atoms with Gasteiger partial charge in [-0.15, -0.1) is 0 Å². The second-order valence-electron chi connectivity index (χ2n) is 4.96. The third-order valence-corrected chi connectivity index (χ3v) is 3.56. The van der Waals surface area contributed by atoms with Gasteiger partial charge in [-0.3, -0.25) is 15.0 Å². The predicted octanol–water partition coefficient (Wildman–Crippen LogP) is 4.09. The van der Waals surface area contributed by atoms with Crippen LogP contribution in [0.2, 0.25) is 0 Å². The van der Waals surface area contributed by atoms with E-state index < -0.39 is 0 Å². The third kappa shape index (κ3) is 3.77.